The van der Waals surface area contributed by atoms with Crippen LogP contribution in [0.4, 0.5) is 0 Å². The molecule has 1 aliphatic rings. The Labute approximate surface area is 86.5 Å². The van der Waals surface area contributed by atoms with Crippen molar-refractivity contribution in [1.29, 1.82) is 0 Å². The van der Waals surface area contributed by atoms with Gasteiger partial charge in [0, 0.05) is 6.54 Å². The Bertz CT molecular complexity index is 339. The maximum atomic E-state index is 3.43. The maximum Gasteiger partial charge on any atom is 0.0211 e. The molecule has 1 heteroatoms. The molecule has 1 N–H and O–H groups in total. The lowest BCUT2D eigenvalue weighted by atomic mass is 9.90. The van der Waals surface area contributed by atoms with Gasteiger partial charge in [-0.05, 0) is 48.1 Å². The Kier molecular flexibility index (Phi) is 2.60. The van der Waals surface area contributed by atoms with Gasteiger partial charge in [0.25, 0.3) is 0 Å². The first-order valence-electron chi connectivity index (χ1n) is 5.51. The average molecular weight is 189 g/mol. The van der Waals surface area contributed by atoms with E-state index in [2.05, 4.69) is 38.2 Å². The highest BCUT2D eigenvalue weighted by molar-refractivity contribution is 5.41. The van der Waals surface area contributed by atoms with E-state index in [1.807, 2.05) is 0 Å². The summed E-state index contributed by atoms with van der Waals surface area (Å²) in [6, 6.07) is 4.74. The van der Waals surface area contributed by atoms with E-state index < -0.39 is 0 Å². The van der Waals surface area contributed by atoms with Crippen LogP contribution in [0.25, 0.3) is 0 Å². The molecule has 1 heterocycles. The third-order valence-electron chi connectivity index (χ3n) is 3.13. The van der Waals surface area contributed by atoms with Crippen molar-refractivity contribution in [1.82, 2.24) is 5.32 Å². The summed E-state index contributed by atoms with van der Waals surface area (Å²) in [6.07, 6.45) is 1.19. The Morgan fingerprint density at radius 1 is 1.29 bits per heavy atom. The van der Waals surface area contributed by atoms with E-state index in [9.17, 15) is 0 Å². The molecule has 0 unspecified atom stereocenters. The van der Waals surface area contributed by atoms with Crippen LogP contribution in [0, 0.1) is 6.92 Å². The molecular weight excluding hydrogens is 170 g/mol. The smallest absolute Gasteiger partial charge is 0.0211 e. The van der Waals surface area contributed by atoms with E-state index >= 15 is 0 Å². The van der Waals surface area contributed by atoms with Gasteiger partial charge in [0.2, 0.25) is 0 Å². The molecule has 2 rings (SSSR count). The van der Waals surface area contributed by atoms with Crippen LogP contribution >= 0.6 is 0 Å². The van der Waals surface area contributed by atoms with Crippen molar-refractivity contribution in [3.63, 3.8) is 0 Å². The predicted octanol–water partition coefficient (Wildman–Crippen LogP) is 2.76. The normalized spacial score (nSPS) is 15.7. The lowest BCUT2D eigenvalue weighted by Crippen LogP contribution is -2.24. The number of benzene rings is 1. The molecule has 1 aromatic rings. The summed E-state index contributed by atoms with van der Waals surface area (Å²) in [4.78, 5) is 0. The second-order valence-corrected chi connectivity index (χ2v) is 4.56. The van der Waals surface area contributed by atoms with E-state index in [1.165, 1.54) is 23.1 Å². The minimum Gasteiger partial charge on any atom is -0.312 e. The molecule has 0 amide bonds. The van der Waals surface area contributed by atoms with Crippen molar-refractivity contribution in [2.24, 2.45) is 0 Å². The molecule has 0 saturated heterocycles. The molecule has 76 valence electrons. The standard InChI is InChI=1S/C13H19N/c1-9(2)12-6-10(3)13-8-14-5-4-11(13)7-12/h6-7,9,14H,4-5,8H2,1-3H3. The summed E-state index contributed by atoms with van der Waals surface area (Å²) in [7, 11) is 0. The van der Waals surface area contributed by atoms with Crippen molar-refractivity contribution in [2.75, 3.05) is 6.54 Å². The van der Waals surface area contributed by atoms with Gasteiger partial charge >= 0.3 is 0 Å². The van der Waals surface area contributed by atoms with Gasteiger partial charge in [-0.1, -0.05) is 26.0 Å². The van der Waals surface area contributed by atoms with Crippen LogP contribution in [0.15, 0.2) is 12.1 Å². The summed E-state index contributed by atoms with van der Waals surface area (Å²) < 4.78 is 0. The van der Waals surface area contributed by atoms with Crippen LogP contribution in [-0.4, -0.2) is 6.54 Å². The molecule has 0 spiro atoms. The highest BCUT2D eigenvalue weighted by atomic mass is 14.9. The van der Waals surface area contributed by atoms with Crippen molar-refractivity contribution < 1.29 is 0 Å². The summed E-state index contributed by atoms with van der Waals surface area (Å²) in [6.45, 7) is 8.95. The minimum atomic E-state index is 0.647. The van der Waals surface area contributed by atoms with Crippen LogP contribution in [0.5, 0.6) is 0 Å². The van der Waals surface area contributed by atoms with E-state index in [4.69, 9.17) is 0 Å². The molecule has 0 fully saturated rings. The average Bonchev–Trinajstić information content (AvgIpc) is 2.17. The maximum absolute atomic E-state index is 3.43. The molecule has 1 nitrogen and oxygen atoms in total. The lowest BCUT2D eigenvalue weighted by molar-refractivity contribution is 0.638. The fourth-order valence-electron chi connectivity index (χ4n) is 2.17. The first kappa shape index (κ1) is 9.72. The number of fused-ring (bicyclic) bond motifs is 1. The van der Waals surface area contributed by atoms with Crippen LogP contribution in [-0.2, 0) is 13.0 Å². The molecule has 0 aliphatic carbocycles. The Morgan fingerprint density at radius 2 is 2.07 bits per heavy atom. The fraction of sp³-hybridized carbons (Fsp3) is 0.538. The Hall–Kier alpha value is -0.820. The molecule has 0 atom stereocenters. The van der Waals surface area contributed by atoms with Gasteiger partial charge in [-0.15, -0.1) is 0 Å². The van der Waals surface area contributed by atoms with Gasteiger partial charge in [0.1, 0.15) is 0 Å². The highest BCUT2D eigenvalue weighted by Crippen LogP contribution is 2.24. The third-order valence-corrected chi connectivity index (χ3v) is 3.13. The lowest BCUT2D eigenvalue weighted by Gasteiger charge is -2.21. The molecule has 1 aliphatic heterocycles. The zero-order valence-electron chi connectivity index (χ0n) is 9.35. The van der Waals surface area contributed by atoms with Crippen molar-refractivity contribution in [2.45, 2.75) is 39.7 Å². The predicted molar refractivity (Wildman–Crippen MR) is 60.7 cm³/mol. The van der Waals surface area contributed by atoms with Gasteiger partial charge in [-0.25, -0.2) is 0 Å². The largest absolute Gasteiger partial charge is 0.312 e. The van der Waals surface area contributed by atoms with Crippen molar-refractivity contribution >= 4 is 0 Å². The number of aryl methyl sites for hydroxylation is 1. The van der Waals surface area contributed by atoms with Gasteiger partial charge < -0.3 is 5.32 Å². The van der Waals surface area contributed by atoms with E-state index in [0.717, 1.165) is 13.1 Å². The van der Waals surface area contributed by atoms with E-state index in [0.29, 0.717) is 5.92 Å². The van der Waals surface area contributed by atoms with Crippen LogP contribution < -0.4 is 5.32 Å². The molecule has 0 saturated carbocycles. The van der Waals surface area contributed by atoms with Crippen LogP contribution in [0.2, 0.25) is 0 Å². The summed E-state index contributed by atoms with van der Waals surface area (Å²) >= 11 is 0. The van der Waals surface area contributed by atoms with Gasteiger partial charge in [-0.2, -0.15) is 0 Å². The second-order valence-electron chi connectivity index (χ2n) is 4.56. The molecule has 1 aromatic carbocycles. The quantitative estimate of drug-likeness (QED) is 0.716. The first-order chi connectivity index (χ1) is 6.68. The van der Waals surface area contributed by atoms with Gasteiger partial charge in [-0.3, -0.25) is 0 Å². The molecular formula is C13H19N. The monoisotopic (exact) mass is 189 g/mol. The number of nitrogens with one attached hydrogen (secondary N) is 1. The third kappa shape index (κ3) is 1.69. The zero-order valence-corrected chi connectivity index (χ0v) is 9.35. The SMILES string of the molecule is Cc1cc(C(C)C)cc2c1CNCC2. The fourth-order valence-corrected chi connectivity index (χ4v) is 2.17. The number of hydrogen-bond acceptors (Lipinski definition) is 1. The van der Waals surface area contributed by atoms with Crippen LogP contribution in [0.3, 0.4) is 0 Å². The van der Waals surface area contributed by atoms with Crippen molar-refractivity contribution in [3.05, 3.63) is 34.4 Å². The van der Waals surface area contributed by atoms with E-state index in [1.54, 1.807) is 5.56 Å². The van der Waals surface area contributed by atoms with Gasteiger partial charge in [0.15, 0.2) is 0 Å². The summed E-state index contributed by atoms with van der Waals surface area (Å²) in [5.74, 6) is 0.647. The molecule has 0 aromatic heterocycles. The second kappa shape index (κ2) is 3.74. The Balaban J connectivity index is 2.46. The molecule has 0 bridgehead atoms. The van der Waals surface area contributed by atoms with Crippen LogP contribution in [0.1, 0.15) is 42.0 Å². The first-order valence-corrected chi connectivity index (χ1v) is 5.51. The minimum absolute atomic E-state index is 0.647. The molecule has 14 heavy (non-hydrogen) atoms. The summed E-state index contributed by atoms with van der Waals surface area (Å²) in [5, 5.41) is 3.43. The van der Waals surface area contributed by atoms with Crippen molar-refractivity contribution in [3.8, 4) is 0 Å². The highest BCUT2D eigenvalue weighted by Gasteiger charge is 2.12. The van der Waals surface area contributed by atoms with E-state index in [-0.39, 0.29) is 0 Å². The summed E-state index contributed by atoms with van der Waals surface area (Å²) in [5.41, 5.74) is 6.04. The zero-order chi connectivity index (χ0) is 10.1. The number of rotatable bonds is 1. The number of hydrogen-bond donors (Lipinski definition) is 1. The Morgan fingerprint density at radius 3 is 2.79 bits per heavy atom. The molecule has 0 radical (unpaired) electrons. The topological polar surface area (TPSA) is 12.0 Å². The van der Waals surface area contributed by atoms with Gasteiger partial charge in [0.05, 0.1) is 0 Å².